The Balaban J connectivity index is 5.53. The molecule has 0 amide bonds. The van der Waals surface area contributed by atoms with Crippen LogP contribution in [-0.4, -0.2) is 48.4 Å². The summed E-state index contributed by atoms with van der Waals surface area (Å²) in [7, 11) is 0. The molecule has 0 aromatic carbocycles. The van der Waals surface area contributed by atoms with Crippen LogP contribution in [-0.2, 0) is 28.7 Å². The van der Waals surface area contributed by atoms with Gasteiger partial charge in [0.1, 0.15) is 22.9 Å². The second kappa shape index (κ2) is 8.51. The number of aliphatic hydroxyl groups is 1. The van der Waals surface area contributed by atoms with Crippen LogP contribution in [0.25, 0.3) is 0 Å². The standard InChI is InChI=1S/C14H22O7/c1-5-20-12(18)11(9(3)16)7-14(8-15,10(4)17)13(19)21-6-2/h11,15H,5-8H2,1-4H3. The maximum absolute atomic E-state index is 12.0. The van der Waals surface area contributed by atoms with Gasteiger partial charge in [0.25, 0.3) is 0 Å². The summed E-state index contributed by atoms with van der Waals surface area (Å²) in [6, 6.07) is 0. The van der Waals surface area contributed by atoms with Gasteiger partial charge in [0.2, 0.25) is 0 Å². The summed E-state index contributed by atoms with van der Waals surface area (Å²) >= 11 is 0. The second-order valence-electron chi connectivity index (χ2n) is 4.64. The summed E-state index contributed by atoms with van der Waals surface area (Å²) in [5, 5.41) is 9.50. The molecule has 7 nitrogen and oxygen atoms in total. The average molecular weight is 302 g/mol. The van der Waals surface area contributed by atoms with Gasteiger partial charge < -0.3 is 14.6 Å². The predicted octanol–water partition coefficient (Wildman–Crippen LogP) is 0.276. The third-order valence-corrected chi connectivity index (χ3v) is 3.22. The van der Waals surface area contributed by atoms with E-state index in [1.54, 1.807) is 13.8 Å². The van der Waals surface area contributed by atoms with Crippen molar-refractivity contribution in [3.63, 3.8) is 0 Å². The number of aliphatic hydroxyl groups excluding tert-OH is 1. The van der Waals surface area contributed by atoms with E-state index in [1.807, 2.05) is 0 Å². The minimum atomic E-state index is -1.93. The fraction of sp³-hybridized carbons (Fsp3) is 0.714. The molecule has 0 aliphatic heterocycles. The van der Waals surface area contributed by atoms with Gasteiger partial charge in [-0.15, -0.1) is 0 Å². The minimum absolute atomic E-state index is 0.0119. The number of esters is 2. The van der Waals surface area contributed by atoms with E-state index in [-0.39, 0.29) is 13.2 Å². The van der Waals surface area contributed by atoms with E-state index in [9.17, 15) is 24.3 Å². The van der Waals surface area contributed by atoms with E-state index in [0.717, 1.165) is 13.8 Å². The molecule has 2 unspecified atom stereocenters. The molecule has 0 aliphatic rings. The van der Waals surface area contributed by atoms with Crippen molar-refractivity contribution in [1.29, 1.82) is 0 Å². The average Bonchev–Trinajstić information content (AvgIpc) is 2.39. The number of carbonyl (C=O) groups is 4. The lowest BCUT2D eigenvalue weighted by Crippen LogP contribution is -2.46. The number of ether oxygens (including phenoxy) is 2. The van der Waals surface area contributed by atoms with E-state index >= 15 is 0 Å². The highest BCUT2D eigenvalue weighted by molar-refractivity contribution is 6.05. The van der Waals surface area contributed by atoms with Gasteiger partial charge >= 0.3 is 11.9 Å². The van der Waals surface area contributed by atoms with Gasteiger partial charge in [-0.1, -0.05) is 0 Å². The molecular weight excluding hydrogens is 280 g/mol. The molecule has 0 aromatic heterocycles. The van der Waals surface area contributed by atoms with Gasteiger partial charge in [-0.2, -0.15) is 0 Å². The van der Waals surface area contributed by atoms with Crippen LogP contribution in [0.15, 0.2) is 0 Å². The summed E-state index contributed by atoms with van der Waals surface area (Å²) in [4.78, 5) is 47.2. The normalized spacial score (nSPS) is 14.7. The molecule has 0 fully saturated rings. The van der Waals surface area contributed by atoms with Crippen molar-refractivity contribution in [2.75, 3.05) is 19.8 Å². The Kier molecular flexibility index (Phi) is 7.80. The first kappa shape index (κ1) is 19.2. The highest BCUT2D eigenvalue weighted by Gasteiger charge is 2.48. The number of rotatable bonds is 9. The Labute approximate surface area is 123 Å². The molecule has 0 rings (SSSR count). The summed E-state index contributed by atoms with van der Waals surface area (Å²) in [5.74, 6) is -4.29. The third kappa shape index (κ3) is 4.63. The van der Waals surface area contributed by atoms with Crippen LogP contribution in [0, 0.1) is 11.3 Å². The van der Waals surface area contributed by atoms with Crippen molar-refractivity contribution in [1.82, 2.24) is 0 Å². The minimum Gasteiger partial charge on any atom is -0.465 e. The van der Waals surface area contributed by atoms with Crippen molar-refractivity contribution in [3.05, 3.63) is 0 Å². The van der Waals surface area contributed by atoms with Crippen molar-refractivity contribution < 1.29 is 33.8 Å². The van der Waals surface area contributed by atoms with Crippen LogP contribution in [0.1, 0.15) is 34.1 Å². The zero-order valence-electron chi connectivity index (χ0n) is 12.8. The van der Waals surface area contributed by atoms with Gasteiger partial charge in [-0.25, -0.2) is 0 Å². The van der Waals surface area contributed by atoms with Crippen LogP contribution in [0.4, 0.5) is 0 Å². The Morgan fingerprint density at radius 1 is 1.05 bits per heavy atom. The molecule has 0 saturated heterocycles. The Morgan fingerprint density at radius 2 is 1.57 bits per heavy atom. The van der Waals surface area contributed by atoms with Crippen molar-refractivity contribution in [2.24, 2.45) is 11.3 Å². The van der Waals surface area contributed by atoms with Crippen molar-refractivity contribution in [2.45, 2.75) is 34.1 Å². The van der Waals surface area contributed by atoms with Gasteiger partial charge in [-0.3, -0.25) is 19.2 Å². The summed E-state index contributed by atoms with van der Waals surface area (Å²) in [6.45, 7) is 4.62. The molecule has 2 atom stereocenters. The SMILES string of the molecule is CCOC(=O)C(CC(CO)(C(C)=O)C(=O)OCC)C(C)=O. The lowest BCUT2D eigenvalue weighted by molar-refractivity contribution is -0.166. The molecule has 0 spiro atoms. The second-order valence-corrected chi connectivity index (χ2v) is 4.64. The topological polar surface area (TPSA) is 107 Å². The maximum Gasteiger partial charge on any atom is 0.322 e. The van der Waals surface area contributed by atoms with Gasteiger partial charge in [0.15, 0.2) is 0 Å². The summed E-state index contributed by atoms with van der Waals surface area (Å²) in [6.07, 6.45) is -0.466. The van der Waals surface area contributed by atoms with Crippen molar-refractivity contribution >= 4 is 23.5 Å². The molecule has 1 N–H and O–H groups in total. The molecule has 120 valence electrons. The highest BCUT2D eigenvalue weighted by atomic mass is 16.5. The molecule has 0 aliphatic carbocycles. The first-order valence-electron chi connectivity index (χ1n) is 6.73. The highest BCUT2D eigenvalue weighted by Crippen LogP contribution is 2.30. The molecule has 21 heavy (non-hydrogen) atoms. The van der Waals surface area contributed by atoms with E-state index in [4.69, 9.17) is 9.47 Å². The number of ketones is 2. The molecule has 0 radical (unpaired) electrons. The fourth-order valence-electron chi connectivity index (χ4n) is 1.86. The predicted molar refractivity (Wildman–Crippen MR) is 72.3 cm³/mol. The zero-order valence-corrected chi connectivity index (χ0v) is 12.8. The van der Waals surface area contributed by atoms with Crippen LogP contribution in [0.2, 0.25) is 0 Å². The van der Waals surface area contributed by atoms with Crippen molar-refractivity contribution in [3.8, 4) is 0 Å². The third-order valence-electron chi connectivity index (χ3n) is 3.22. The molecule has 0 saturated carbocycles. The largest absolute Gasteiger partial charge is 0.465 e. The zero-order chi connectivity index (χ0) is 16.6. The lowest BCUT2D eigenvalue weighted by atomic mass is 9.75. The summed E-state index contributed by atoms with van der Waals surface area (Å²) < 4.78 is 9.57. The number of Topliss-reactive ketones (excluding diaryl/α,β-unsaturated/α-hetero) is 2. The van der Waals surface area contributed by atoms with Gasteiger partial charge in [0.05, 0.1) is 19.8 Å². The molecule has 0 heterocycles. The van der Waals surface area contributed by atoms with Gasteiger partial charge in [-0.05, 0) is 34.1 Å². The maximum atomic E-state index is 12.0. The van der Waals surface area contributed by atoms with Crippen LogP contribution in [0.5, 0.6) is 0 Å². The van der Waals surface area contributed by atoms with Crippen LogP contribution < -0.4 is 0 Å². The molecule has 0 aromatic rings. The Hall–Kier alpha value is -1.76. The number of hydrogen-bond donors (Lipinski definition) is 1. The van der Waals surface area contributed by atoms with E-state index in [1.165, 1.54) is 0 Å². The van der Waals surface area contributed by atoms with E-state index in [2.05, 4.69) is 0 Å². The molecule has 7 heteroatoms. The van der Waals surface area contributed by atoms with E-state index in [0.29, 0.717) is 0 Å². The lowest BCUT2D eigenvalue weighted by Gasteiger charge is -2.29. The van der Waals surface area contributed by atoms with Crippen LogP contribution in [0.3, 0.4) is 0 Å². The quantitative estimate of drug-likeness (QED) is 0.481. The molecule has 0 bridgehead atoms. The van der Waals surface area contributed by atoms with Gasteiger partial charge in [0, 0.05) is 0 Å². The summed E-state index contributed by atoms with van der Waals surface area (Å²) in [5.41, 5.74) is -1.93. The Morgan fingerprint density at radius 3 is 1.90 bits per heavy atom. The van der Waals surface area contributed by atoms with E-state index < -0.39 is 47.9 Å². The number of carbonyl (C=O) groups excluding carboxylic acids is 4. The smallest absolute Gasteiger partial charge is 0.322 e. The first-order chi connectivity index (χ1) is 9.76. The fourth-order valence-corrected chi connectivity index (χ4v) is 1.86. The Bertz CT molecular complexity index is 414. The van der Waals surface area contributed by atoms with Crippen LogP contribution >= 0.6 is 0 Å². The number of hydrogen-bond acceptors (Lipinski definition) is 7. The monoisotopic (exact) mass is 302 g/mol. The molecular formula is C14H22O7. The first-order valence-corrected chi connectivity index (χ1v) is 6.73.